The zero-order valence-electron chi connectivity index (χ0n) is 30.6. The Balaban J connectivity index is 1.67. The van der Waals surface area contributed by atoms with Crippen molar-refractivity contribution < 1.29 is 32.3 Å². The molecule has 2 aromatic carbocycles. The maximum Gasteiger partial charge on any atom is 0.743 e. The number of hydrogen-bond acceptors (Lipinski definition) is 5. The summed E-state index contributed by atoms with van der Waals surface area (Å²) in [7, 11) is 0. The van der Waals surface area contributed by atoms with Gasteiger partial charge in [0.15, 0.2) is 0 Å². The molecule has 0 bridgehead atoms. The summed E-state index contributed by atoms with van der Waals surface area (Å²) in [5.41, 5.74) is -2.72. The molecule has 2 radical (unpaired) electrons. The SMILES string of the molecule is [2H]c1cc([2H])c2c(C([2H])([2H])[2H])cc(C([2H])([2H])[2H])nc2c1[O][Al][O][Al][O]c1c([2H])cc([2H])c2c(C([2H])([2H])[2H])cc(C([2H])([2H])[2H])nc12. The number of pyridine rings is 2. The van der Waals surface area contributed by atoms with Gasteiger partial charge in [0.25, 0.3) is 0 Å². The predicted octanol–water partition coefficient (Wildman–Crippen LogP) is 4.56. The third-order valence-electron chi connectivity index (χ3n) is 3.75. The zero-order valence-corrected chi connectivity index (χ0v) is 16.9. The van der Waals surface area contributed by atoms with Gasteiger partial charge in [0, 0.05) is 38.6 Å². The van der Waals surface area contributed by atoms with E-state index in [1.54, 1.807) is 0 Å². The first-order chi connectivity index (χ1) is 20.5. The summed E-state index contributed by atoms with van der Waals surface area (Å²) in [6, 6.07) is 2.25. The van der Waals surface area contributed by atoms with Gasteiger partial charge in [0.1, 0.15) is 22.5 Å². The Morgan fingerprint density at radius 1 is 0.759 bits per heavy atom. The Morgan fingerprint density at radius 3 is 1.72 bits per heavy atom. The Kier molecular flexibility index (Phi) is 2.57. The quantitative estimate of drug-likeness (QED) is 0.332. The molecule has 0 aliphatic rings. The van der Waals surface area contributed by atoms with E-state index < -0.39 is 93.8 Å². The van der Waals surface area contributed by atoms with Gasteiger partial charge in [0.2, 0.25) is 0 Å². The molecule has 0 spiro atoms. The maximum atomic E-state index is 8.27. The highest BCUT2D eigenvalue weighted by Crippen LogP contribution is 2.27. The first kappa shape index (κ1) is 8.56. The van der Waals surface area contributed by atoms with Crippen LogP contribution in [0.1, 0.15) is 44.4 Å². The number of nitrogens with zero attached hydrogens (tertiary/aromatic N) is 2. The first-order valence-corrected chi connectivity index (χ1v) is 9.94. The second-order valence-electron chi connectivity index (χ2n) is 5.65. The van der Waals surface area contributed by atoms with Gasteiger partial charge in [-0.3, -0.25) is 0 Å². The van der Waals surface area contributed by atoms with Crippen LogP contribution in [-0.2, 0) is 2.84 Å². The van der Waals surface area contributed by atoms with Gasteiger partial charge in [-0.1, -0.05) is 24.2 Å². The van der Waals surface area contributed by atoms with Gasteiger partial charge in [0.05, 0.1) is 5.48 Å². The third-order valence-corrected chi connectivity index (χ3v) is 5.30. The van der Waals surface area contributed by atoms with Gasteiger partial charge in [-0.2, -0.15) is 0 Å². The molecule has 0 aliphatic heterocycles. The molecule has 0 fully saturated rings. The molecule has 5 nitrogen and oxygen atoms in total. The highest BCUT2D eigenvalue weighted by molar-refractivity contribution is 6.35. The minimum Gasteiger partial charge on any atom is -0.626 e. The monoisotopic (exact) mass is 430 g/mol. The van der Waals surface area contributed by atoms with E-state index in [-0.39, 0.29) is 45.4 Å². The summed E-state index contributed by atoms with van der Waals surface area (Å²) in [5.74, 6) is -0.660. The van der Waals surface area contributed by atoms with Crippen LogP contribution >= 0.6 is 0 Å². The van der Waals surface area contributed by atoms with E-state index in [0.717, 1.165) is 24.3 Å². The minimum atomic E-state index is -2.82. The number of aryl methyl sites for hydroxylation is 4. The molecule has 142 valence electrons. The molecule has 0 aliphatic carbocycles. The van der Waals surface area contributed by atoms with E-state index >= 15 is 0 Å². The summed E-state index contributed by atoms with van der Waals surface area (Å²) in [5, 5.41) is -0.446. The van der Waals surface area contributed by atoms with E-state index in [1.165, 1.54) is 0 Å². The Bertz CT molecular complexity index is 1660. The van der Waals surface area contributed by atoms with E-state index in [9.17, 15) is 0 Å². The molecule has 0 amide bonds. The van der Waals surface area contributed by atoms with Crippen LogP contribution in [0.5, 0.6) is 11.5 Å². The fourth-order valence-corrected chi connectivity index (χ4v) is 3.73. The van der Waals surface area contributed by atoms with E-state index in [1.807, 2.05) is 0 Å². The average Bonchev–Trinajstić information content (AvgIpc) is 2.88. The molecular formula is C22H20Al2N2O3. The number of rotatable bonds is 6. The van der Waals surface area contributed by atoms with Crippen molar-refractivity contribution in [2.45, 2.75) is 27.4 Å². The zero-order chi connectivity index (χ0) is 33.9. The molecule has 0 unspecified atom stereocenters. The minimum absolute atomic E-state index is 0.223. The molecule has 0 saturated carbocycles. The molecule has 2 heterocycles. The number of para-hydroxylation sites is 2. The molecule has 29 heavy (non-hydrogen) atoms. The Morgan fingerprint density at radius 2 is 1.28 bits per heavy atom. The second kappa shape index (κ2) is 8.72. The lowest BCUT2D eigenvalue weighted by Gasteiger charge is -2.13. The normalized spacial score (nSPS) is 20.7. The lowest BCUT2D eigenvalue weighted by Crippen LogP contribution is -2.16. The summed E-state index contributed by atoms with van der Waals surface area (Å²) < 4.78 is 143. The smallest absolute Gasteiger partial charge is 0.626 e. The highest BCUT2D eigenvalue weighted by Gasteiger charge is 2.13. The van der Waals surface area contributed by atoms with Crippen LogP contribution < -0.4 is 7.58 Å². The van der Waals surface area contributed by atoms with Crippen LogP contribution in [-0.4, -0.2) is 41.7 Å². The fraction of sp³-hybridized carbons (Fsp3) is 0.182. The standard InChI is InChI=1S/2C11H11NO.2Al.O/c2*1-7-6-8(2)12-11-9(7)4-3-5-10(11)13;;;/h2*3-6,13H,1-2H3;;;/q;;2*+1;/p-2/i2*1D3,2D3,4D,5D;;;. The average molecular weight is 430 g/mol. The number of aromatic nitrogens is 2. The van der Waals surface area contributed by atoms with Crippen molar-refractivity contribution in [1.82, 2.24) is 9.97 Å². The van der Waals surface area contributed by atoms with Crippen LogP contribution in [0.15, 0.2) is 48.4 Å². The molecule has 0 N–H and O–H groups in total. The lowest BCUT2D eigenvalue weighted by atomic mass is 10.1. The summed E-state index contributed by atoms with van der Waals surface area (Å²) in [6.45, 7) is -11.3. The predicted molar refractivity (Wildman–Crippen MR) is 116 cm³/mol. The lowest BCUT2D eigenvalue weighted by molar-refractivity contribution is 0.420. The van der Waals surface area contributed by atoms with Crippen molar-refractivity contribution in [1.29, 1.82) is 0 Å². The van der Waals surface area contributed by atoms with Crippen LogP contribution in [0.4, 0.5) is 0 Å². The molecule has 7 heteroatoms. The molecule has 4 aromatic rings. The third kappa shape index (κ3) is 4.41. The van der Waals surface area contributed by atoms with Gasteiger partial charge in [-0.05, 0) is 62.8 Å². The molecule has 0 saturated heterocycles. The van der Waals surface area contributed by atoms with E-state index in [4.69, 9.17) is 32.3 Å². The van der Waals surface area contributed by atoms with Gasteiger partial charge >= 0.3 is 31.8 Å². The highest BCUT2D eigenvalue weighted by atomic mass is 27.3. The Labute approximate surface area is 206 Å². The Hall–Kier alpha value is -2.12. The van der Waals surface area contributed by atoms with Crippen molar-refractivity contribution in [2.75, 3.05) is 0 Å². The van der Waals surface area contributed by atoms with Crippen LogP contribution in [0.3, 0.4) is 0 Å². The van der Waals surface area contributed by atoms with Gasteiger partial charge in [-0.15, -0.1) is 0 Å². The van der Waals surface area contributed by atoms with E-state index in [2.05, 4.69) is 9.97 Å². The summed E-state index contributed by atoms with van der Waals surface area (Å²) >= 11 is -3.09. The molecule has 4 rings (SSSR count). The van der Waals surface area contributed by atoms with Crippen molar-refractivity contribution >= 4 is 53.6 Å². The van der Waals surface area contributed by atoms with Gasteiger partial charge < -0.3 is 10.4 Å². The number of fused-ring (bicyclic) bond motifs is 2. The van der Waals surface area contributed by atoms with Crippen molar-refractivity contribution in [2.24, 2.45) is 0 Å². The summed E-state index contributed by atoms with van der Waals surface area (Å²) in [4.78, 5) is 8.02. The van der Waals surface area contributed by atoms with Crippen molar-refractivity contribution in [3.63, 3.8) is 0 Å². The van der Waals surface area contributed by atoms with Crippen LogP contribution in [0, 0.1) is 27.4 Å². The first-order valence-electron chi connectivity index (χ1n) is 16.1. The summed E-state index contributed by atoms with van der Waals surface area (Å²) in [6.07, 6.45) is 0. The number of hydrogen-bond donors (Lipinski definition) is 0. The van der Waals surface area contributed by atoms with Crippen molar-refractivity contribution in [3.05, 3.63) is 70.9 Å². The topological polar surface area (TPSA) is 53.5 Å². The van der Waals surface area contributed by atoms with Gasteiger partial charge in [-0.25, -0.2) is 9.97 Å². The van der Waals surface area contributed by atoms with Crippen LogP contribution in [0.25, 0.3) is 21.8 Å². The number of benzene rings is 2. The largest absolute Gasteiger partial charge is 0.743 e. The molecular weight excluding hydrogens is 394 g/mol. The second-order valence-corrected chi connectivity index (χ2v) is 7.59. The van der Waals surface area contributed by atoms with E-state index in [0.29, 0.717) is 0 Å². The maximum absolute atomic E-state index is 8.27. The van der Waals surface area contributed by atoms with Crippen LogP contribution in [0.2, 0.25) is 0 Å². The fourth-order valence-electron chi connectivity index (χ4n) is 2.55. The molecule has 2 aromatic heterocycles. The van der Waals surface area contributed by atoms with Crippen molar-refractivity contribution in [3.8, 4) is 11.5 Å². The molecule has 0 atom stereocenters.